The molecule has 0 saturated heterocycles. The van der Waals surface area contributed by atoms with Crippen LogP contribution in [0.2, 0.25) is 0 Å². The number of carbonyl (C=O) groups is 3. The summed E-state index contributed by atoms with van der Waals surface area (Å²) in [7, 11) is 0. The van der Waals surface area contributed by atoms with E-state index >= 15 is 0 Å². The zero-order valence-electron chi connectivity index (χ0n) is 10.6. The molecule has 0 aliphatic heterocycles. The molecule has 104 valence electrons. The van der Waals surface area contributed by atoms with E-state index in [1.807, 2.05) is 0 Å². The fourth-order valence-electron chi connectivity index (χ4n) is 1.27. The maximum absolute atomic E-state index is 11.2. The quantitative estimate of drug-likeness (QED) is 0.302. The van der Waals surface area contributed by atoms with Gasteiger partial charge in [0.2, 0.25) is 17.7 Å². The zero-order chi connectivity index (χ0) is 14.0. The molecule has 0 spiro atoms. The molecular formula is C11H21N3O4. The summed E-state index contributed by atoms with van der Waals surface area (Å²) in [6.07, 6.45) is 2.40. The van der Waals surface area contributed by atoms with Crippen molar-refractivity contribution in [3.63, 3.8) is 0 Å². The van der Waals surface area contributed by atoms with Crippen molar-refractivity contribution in [2.24, 2.45) is 5.73 Å². The highest BCUT2D eigenvalue weighted by molar-refractivity contribution is 5.82. The van der Waals surface area contributed by atoms with Gasteiger partial charge >= 0.3 is 0 Å². The fourth-order valence-corrected chi connectivity index (χ4v) is 1.27. The van der Waals surface area contributed by atoms with Gasteiger partial charge in [0, 0.05) is 32.9 Å². The van der Waals surface area contributed by atoms with Crippen molar-refractivity contribution >= 4 is 17.7 Å². The van der Waals surface area contributed by atoms with Crippen LogP contribution in [0.15, 0.2) is 0 Å². The van der Waals surface area contributed by atoms with Gasteiger partial charge in [0.15, 0.2) is 0 Å². The lowest BCUT2D eigenvalue weighted by atomic mass is 10.2. The minimum atomic E-state index is -0.489. The standard InChI is InChI=1S/C11H21N3O4/c1-9(15)14(18)8-4-2-3-7-13-11(17)6-5-10(12)16/h18H,2-8H2,1H3,(H2,12,16)(H,13,17). The highest BCUT2D eigenvalue weighted by atomic mass is 16.5. The molecule has 4 N–H and O–H groups in total. The van der Waals surface area contributed by atoms with E-state index in [0.717, 1.165) is 12.8 Å². The number of nitrogens with one attached hydrogen (secondary N) is 1. The Hall–Kier alpha value is -1.63. The highest BCUT2D eigenvalue weighted by Gasteiger charge is 2.04. The molecule has 0 fully saturated rings. The second-order valence-electron chi connectivity index (χ2n) is 4.02. The maximum Gasteiger partial charge on any atom is 0.242 e. The predicted molar refractivity (Wildman–Crippen MR) is 64.5 cm³/mol. The van der Waals surface area contributed by atoms with Gasteiger partial charge in [0.1, 0.15) is 0 Å². The molecule has 0 unspecified atom stereocenters. The van der Waals surface area contributed by atoms with Gasteiger partial charge in [-0.3, -0.25) is 19.6 Å². The number of amides is 3. The van der Waals surface area contributed by atoms with Gasteiger partial charge in [0.05, 0.1) is 0 Å². The molecule has 0 aliphatic rings. The van der Waals surface area contributed by atoms with Crippen molar-refractivity contribution < 1.29 is 19.6 Å². The van der Waals surface area contributed by atoms with E-state index in [4.69, 9.17) is 10.9 Å². The maximum atomic E-state index is 11.2. The zero-order valence-corrected chi connectivity index (χ0v) is 10.6. The summed E-state index contributed by atoms with van der Waals surface area (Å²) in [5.74, 6) is -1.06. The third kappa shape index (κ3) is 9.59. The smallest absolute Gasteiger partial charge is 0.242 e. The first-order valence-electron chi connectivity index (χ1n) is 5.95. The Bertz CT molecular complexity index is 294. The van der Waals surface area contributed by atoms with Crippen molar-refractivity contribution in [2.45, 2.75) is 39.0 Å². The summed E-state index contributed by atoms with van der Waals surface area (Å²) in [6.45, 7) is 2.10. The first kappa shape index (κ1) is 16.4. The van der Waals surface area contributed by atoms with Crippen LogP contribution in [0.3, 0.4) is 0 Å². The summed E-state index contributed by atoms with van der Waals surface area (Å²) in [5, 5.41) is 12.4. The molecule has 0 bridgehead atoms. The first-order valence-corrected chi connectivity index (χ1v) is 5.95. The summed E-state index contributed by atoms with van der Waals surface area (Å²) in [5.41, 5.74) is 4.91. The van der Waals surface area contributed by atoms with Crippen LogP contribution in [0.4, 0.5) is 0 Å². The molecule has 0 radical (unpaired) electrons. The van der Waals surface area contributed by atoms with Crippen LogP contribution in [0, 0.1) is 0 Å². The molecular weight excluding hydrogens is 238 g/mol. The average molecular weight is 259 g/mol. The van der Waals surface area contributed by atoms with Gasteiger partial charge in [-0.15, -0.1) is 0 Å². The minimum Gasteiger partial charge on any atom is -0.370 e. The number of rotatable bonds is 9. The Morgan fingerprint density at radius 1 is 1.17 bits per heavy atom. The van der Waals surface area contributed by atoms with Crippen LogP contribution < -0.4 is 11.1 Å². The van der Waals surface area contributed by atoms with Crippen molar-refractivity contribution in [3.05, 3.63) is 0 Å². The monoisotopic (exact) mass is 259 g/mol. The van der Waals surface area contributed by atoms with Gasteiger partial charge < -0.3 is 11.1 Å². The van der Waals surface area contributed by atoms with Crippen LogP contribution in [-0.2, 0) is 14.4 Å². The molecule has 0 heterocycles. The number of hydrogen-bond donors (Lipinski definition) is 3. The molecule has 0 aliphatic carbocycles. The number of unbranched alkanes of at least 4 members (excludes halogenated alkanes) is 2. The molecule has 0 rings (SSSR count). The number of carbonyl (C=O) groups excluding carboxylic acids is 3. The summed E-state index contributed by atoms with van der Waals surface area (Å²) < 4.78 is 0. The Morgan fingerprint density at radius 3 is 2.39 bits per heavy atom. The highest BCUT2D eigenvalue weighted by Crippen LogP contribution is 1.97. The third-order valence-electron chi connectivity index (χ3n) is 2.33. The van der Waals surface area contributed by atoms with E-state index in [1.54, 1.807) is 0 Å². The second-order valence-corrected chi connectivity index (χ2v) is 4.02. The van der Waals surface area contributed by atoms with E-state index in [0.29, 0.717) is 24.6 Å². The number of primary amides is 1. The lowest BCUT2D eigenvalue weighted by molar-refractivity contribution is -0.162. The number of nitrogens with zero attached hydrogens (tertiary/aromatic N) is 1. The van der Waals surface area contributed by atoms with Crippen molar-refractivity contribution in [2.75, 3.05) is 13.1 Å². The van der Waals surface area contributed by atoms with E-state index < -0.39 is 5.91 Å². The fraction of sp³-hybridized carbons (Fsp3) is 0.727. The van der Waals surface area contributed by atoms with Gasteiger partial charge in [-0.1, -0.05) is 0 Å². The minimum absolute atomic E-state index is 0.0594. The Balaban J connectivity index is 3.37. The molecule has 7 heteroatoms. The van der Waals surface area contributed by atoms with Gasteiger partial charge in [-0.05, 0) is 19.3 Å². The van der Waals surface area contributed by atoms with E-state index in [-0.39, 0.29) is 24.7 Å². The summed E-state index contributed by atoms with van der Waals surface area (Å²) in [6, 6.07) is 0. The van der Waals surface area contributed by atoms with Gasteiger partial charge in [-0.2, -0.15) is 0 Å². The third-order valence-corrected chi connectivity index (χ3v) is 2.33. The molecule has 7 nitrogen and oxygen atoms in total. The van der Waals surface area contributed by atoms with Crippen LogP contribution in [0.5, 0.6) is 0 Å². The molecule has 0 aromatic carbocycles. The van der Waals surface area contributed by atoms with Crippen molar-refractivity contribution in [1.82, 2.24) is 10.4 Å². The van der Waals surface area contributed by atoms with Crippen LogP contribution in [0.1, 0.15) is 39.0 Å². The average Bonchev–Trinajstić information content (AvgIpc) is 2.30. The number of nitrogens with two attached hydrogens (primary N) is 1. The van der Waals surface area contributed by atoms with E-state index in [2.05, 4.69) is 5.32 Å². The molecule has 0 atom stereocenters. The van der Waals surface area contributed by atoms with Crippen LogP contribution in [0.25, 0.3) is 0 Å². The second kappa shape index (κ2) is 9.41. The van der Waals surface area contributed by atoms with Crippen LogP contribution >= 0.6 is 0 Å². The Labute approximate surface area is 106 Å². The predicted octanol–water partition coefficient (Wildman–Crippen LogP) is -0.224. The van der Waals surface area contributed by atoms with Crippen LogP contribution in [-0.4, -0.2) is 41.1 Å². The molecule has 3 amide bonds. The van der Waals surface area contributed by atoms with Crippen molar-refractivity contribution in [1.29, 1.82) is 0 Å². The first-order chi connectivity index (χ1) is 8.43. The Morgan fingerprint density at radius 2 is 1.83 bits per heavy atom. The normalized spacial score (nSPS) is 9.89. The van der Waals surface area contributed by atoms with E-state index in [1.165, 1.54) is 6.92 Å². The summed E-state index contributed by atoms with van der Waals surface area (Å²) >= 11 is 0. The molecule has 0 aromatic rings. The SMILES string of the molecule is CC(=O)N(O)CCCCCNC(=O)CCC(N)=O. The molecule has 0 aromatic heterocycles. The largest absolute Gasteiger partial charge is 0.370 e. The lowest BCUT2D eigenvalue weighted by Crippen LogP contribution is -2.27. The number of hydroxylamine groups is 2. The molecule has 0 saturated carbocycles. The van der Waals surface area contributed by atoms with Gasteiger partial charge in [0.25, 0.3) is 0 Å². The lowest BCUT2D eigenvalue weighted by Gasteiger charge is -2.11. The van der Waals surface area contributed by atoms with Crippen molar-refractivity contribution in [3.8, 4) is 0 Å². The number of hydrogen-bond acceptors (Lipinski definition) is 4. The van der Waals surface area contributed by atoms with Gasteiger partial charge in [-0.25, -0.2) is 5.06 Å². The van der Waals surface area contributed by atoms with E-state index in [9.17, 15) is 14.4 Å². The summed E-state index contributed by atoms with van der Waals surface area (Å²) in [4.78, 5) is 32.3. The molecule has 18 heavy (non-hydrogen) atoms. The topological polar surface area (TPSA) is 113 Å². The Kier molecular flexibility index (Phi) is 8.55.